The number of fused-ring (bicyclic) bond motifs is 1. The molecule has 0 radical (unpaired) electrons. The van der Waals surface area contributed by atoms with Gasteiger partial charge in [-0.05, 0) is 49.6 Å². The Morgan fingerprint density at radius 3 is 2.67 bits per heavy atom. The van der Waals surface area contributed by atoms with E-state index in [0.717, 1.165) is 21.8 Å². The van der Waals surface area contributed by atoms with Crippen LogP contribution in [0.3, 0.4) is 0 Å². The number of hydrogen-bond acceptors (Lipinski definition) is 3. The number of nitrogens with zero attached hydrogens (tertiary/aromatic N) is 1. The molecule has 3 rings (SSSR count). The molecule has 1 atom stereocenters. The molecule has 2 N–H and O–H groups in total. The highest BCUT2D eigenvalue weighted by molar-refractivity contribution is 7.99. The van der Waals surface area contributed by atoms with Gasteiger partial charge in [0.25, 0.3) is 0 Å². The molecule has 1 aromatic heterocycles. The minimum absolute atomic E-state index is 0.000252. The number of carbonyl (C=O) groups excluding carboxylic acids is 1. The summed E-state index contributed by atoms with van der Waals surface area (Å²) in [5.74, 6) is 0.346. The number of aromatic nitrogens is 2. The van der Waals surface area contributed by atoms with Crippen molar-refractivity contribution in [3.8, 4) is 0 Å². The molecule has 1 unspecified atom stereocenters. The van der Waals surface area contributed by atoms with Crippen molar-refractivity contribution in [1.29, 1.82) is 0 Å². The number of aryl methyl sites for hydroxylation is 2. The van der Waals surface area contributed by atoms with Gasteiger partial charge in [0.15, 0.2) is 5.16 Å². The van der Waals surface area contributed by atoms with E-state index < -0.39 is 0 Å². The molecule has 5 heteroatoms. The molecule has 1 amide bonds. The number of imidazole rings is 1. The maximum Gasteiger partial charge on any atom is 0.230 e. The van der Waals surface area contributed by atoms with Crippen molar-refractivity contribution in [3.63, 3.8) is 0 Å². The first-order chi connectivity index (χ1) is 11.5. The van der Waals surface area contributed by atoms with Crippen molar-refractivity contribution in [1.82, 2.24) is 15.3 Å². The summed E-state index contributed by atoms with van der Waals surface area (Å²) >= 11 is 1.42. The number of benzene rings is 2. The smallest absolute Gasteiger partial charge is 0.230 e. The number of nitrogens with one attached hydrogen (secondary N) is 2. The number of amides is 1. The average Bonchev–Trinajstić information content (AvgIpc) is 2.96. The zero-order valence-electron chi connectivity index (χ0n) is 14.1. The van der Waals surface area contributed by atoms with Gasteiger partial charge in [-0.3, -0.25) is 4.79 Å². The van der Waals surface area contributed by atoms with Crippen molar-refractivity contribution in [3.05, 3.63) is 59.2 Å². The van der Waals surface area contributed by atoms with Gasteiger partial charge in [-0.15, -0.1) is 0 Å². The Bertz CT molecular complexity index is 819. The van der Waals surface area contributed by atoms with E-state index in [1.54, 1.807) is 0 Å². The van der Waals surface area contributed by atoms with Gasteiger partial charge in [0.2, 0.25) is 5.91 Å². The lowest BCUT2D eigenvalue weighted by Crippen LogP contribution is -2.28. The fourth-order valence-corrected chi connectivity index (χ4v) is 3.25. The molecule has 0 fully saturated rings. The molecule has 0 spiro atoms. The van der Waals surface area contributed by atoms with Crippen LogP contribution in [0, 0.1) is 13.8 Å². The van der Waals surface area contributed by atoms with Gasteiger partial charge < -0.3 is 10.3 Å². The van der Waals surface area contributed by atoms with E-state index in [1.807, 2.05) is 37.3 Å². The molecule has 2 aromatic carbocycles. The summed E-state index contributed by atoms with van der Waals surface area (Å²) in [6, 6.07) is 14.1. The zero-order chi connectivity index (χ0) is 17.1. The molecule has 0 saturated carbocycles. The highest BCUT2D eigenvalue weighted by Gasteiger charge is 2.11. The molecule has 0 bridgehead atoms. The molecular weight excluding hydrogens is 318 g/mol. The van der Waals surface area contributed by atoms with Crippen molar-refractivity contribution in [2.75, 3.05) is 5.75 Å². The Kier molecular flexibility index (Phi) is 4.90. The first-order valence-corrected chi connectivity index (χ1v) is 8.95. The summed E-state index contributed by atoms with van der Waals surface area (Å²) in [5, 5.41) is 3.79. The Morgan fingerprint density at radius 1 is 1.21 bits per heavy atom. The molecule has 124 valence electrons. The third-order valence-electron chi connectivity index (χ3n) is 4.09. The number of rotatable bonds is 5. The molecule has 1 heterocycles. The Labute approximate surface area is 146 Å². The van der Waals surface area contributed by atoms with Crippen molar-refractivity contribution >= 4 is 28.7 Å². The number of H-pyrrole nitrogens is 1. The second-order valence-corrected chi connectivity index (χ2v) is 6.95. The second-order valence-electron chi connectivity index (χ2n) is 5.98. The predicted molar refractivity (Wildman–Crippen MR) is 99.3 cm³/mol. The normalized spacial score (nSPS) is 12.3. The number of thioether (sulfide) groups is 1. The predicted octanol–water partition coefficient (Wildman–Crippen LogP) is 4.15. The van der Waals surface area contributed by atoms with Crippen LogP contribution in [0.4, 0.5) is 0 Å². The van der Waals surface area contributed by atoms with Crippen molar-refractivity contribution < 1.29 is 4.79 Å². The van der Waals surface area contributed by atoms with Crippen LogP contribution in [0.1, 0.15) is 29.7 Å². The Balaban J connectivity index is 1.60. The molecule has 3 aromatic rings. The van der Waals surface area contributed by atoms with Crippen LogP contribution in [0.25, 0.3) is 11.0 Å². The van der Waals surface area contributed by atoms with Gasteiger partial charge >= 0.3 is 0 Å². The van der Waals surface area contributed by atoms with Crippen LogP contribution in [-0.2, 0) is 4.79 Å². The third kappa shape index (κ3) is 3.79. The van der Waals surface area contributed by atoms with E-state index in [-0.39, 0.29) is 11.9 Å². The quantitative estimate of drug-likeness (QED) is 0.687. The lowest BCUT2D eigenvalue weighted by molar-refractivity contribution is -0.119. The summed E-state index contributed by atoms with van der Waals surface area (Å²) in [4.78, 5) is 20.0. The maximum absolute atomic E-state index is 12.1. The molecule has 24 heavy (non-hydrogen) atoms. The lowest BCUT2D eigenvalue weighted by Gasteiger charge is -2.13. The van der Waals surface area contributed by atoms with Gasteiger partial charge in [0.1, 0.15) is 0 Å². The SMILES string of the molecule is Cc1cc2nc(SCC(=O)NC(C)c3ccccc3)[nH]c2cc1C. The van der Waals surface area contributed by atoms with E-state index in [4.69, 9.17) is 0 Å². The zero-order valence-corrected chi connectivity index (χ0v) is 14.9. The topological polar surface area (TPSA) is 57.8 Å². The molecule has 0 aliphatic rings. The maximum atomic E-state index is 12.1. The molecular formula is C19H21N3OS. The minimum Gasteiger partial charge on any atom is -0.349 e. The van der Waals surface area contributed by atoms with Crippen LogP contribution < -0.4 is 5.32 Å². The minimum atomic E-state index is 0.000252. The van der Waals surface area contributed by atoms with E-state index in [0.29, 0.717) is 5.75 Å². The van der Waals surface area contributed by atoms with E-state index in [2.05, 4.69) is 41.3 Å². The van der Waals surface area contributed by atoms with Gasteiger partial charge in [-0.1, -0.05) is 42.1 Å². The summed E-state index contributed by atoms with van der Waals surface area (Å²) < 4.78 is 0. The molecule has 4 nitrogen and oxygen atoms in total. The van der Waals surface area contributed by atoms with Crippen LogP contribution in [-0.4, -0.2) is 21.6 Å². The van der Waals surface area contributed by atoms with E-state index in [1.165, 1.54) is 22.9 Å². The van der Waals surface area contributed by atoms with Gasteiger partial charge in [0, 0.05) is 0 Å². The summed E-state index contributed by atoms with van der Waals surface area (Å²) in [7, 11) is 0. The monoisotopic (exact) mass is 339 g/mol. The fourth-order valence-electron chi connectivity index (χ4n) is 2.56. The lowest BCUT2D eigenvalue weighted by atomic mass is 10.1. The Morgan fingerprint density at radius 2 is 1.92 bits per heavy atom. The largest absolute Gasteiger partial charge is 0.349 e. The van der Waals surface area contributed by atoms with Gasteiger partial charge in [0.05, 0.1) is 22.8 Å². The Hall–Kier alpha value is -2.27. The van der Waals surface area contributed by atoms with Crippen LogP contribution in [0.5, 0.6) is 0 Å². The van der Waals surface area contributed by atoms with Crippen LogP contribution in [0.15, 0.2) is 47.6 Å². The van der Waals surface area contributed by atoms with Crippen LogP contribution in [0.2, 0.25) is 0 Å². The molecule has 0 aliphatic heterocycles. The highest BCUT2D eigenvalue weighted by Crippen LogP contribution is 2.22. The van der Waals surface area contributed by atoms with Crippen LogP contribution >= 0.6 is 11.8 Å². The number of carbonyl (C=O) groups is 1. The summed E-state index contributed by atoms with van der Waals surface area (Å²) in [6.07, 6.45) is 0. The highest BCUT2D eigenvalue weighted by atomic mass is 32.2. The number of aromatic amines is 1. The summed E-state index contributed by atoms with van der Waals surface area (Å²) in [5.41, 5.74) is 5.51. The second kappa shape index (κ2) is 7.09. The van der Waals surface area contributed by atoms with E-state index in [9.17, 15) is 4.79 Å². The first-order valence-electron chi connectivity index (χ1n) is 7.97. The summed E-state index contributed by atoms with van der Waals surface area (Å²) in [6.45, 7) is 6.15. The van der Waals surface area contributed by atoms with Gasteiger partial charge in [-0.2, -0.15) is 0 Å². The van der Waals surface area contributed by atoms with Gasteiger partial charge in [-0.25, -0.2) is 4.98 Å². The van der Waals surface area contributed by atoms with Crippen molar-refractivity contribution in [2.24, 2.45) is 0 Å². The standard InChI is InChI=1S/C19H21N3OS/c1-12-9-16-17(10-13(12)2)22-19(21-16)24-11-18(23)20-14(3)15-7-5-4-6-8-15/h4-10,14H,11H2,1-3H3,(H,20,23)(H,21,22). The fraction of sp³-hybridized carbons (Fsp3) is 0.263. The molecule has 0 saturated heterocycles. The third-order valence-corrected chi connectivity index (χ3v) is 4.97. The number of hydrogen-bond donors (Lipinski definition) is 2. The van der Waals surface area contributed by atoms with Crippen molar-refractivity contribution in [2.45, 2.75) is 32.0 Å². The van der Waals surface area contributed by atoms with E-state index >= 15 is 0 Å². The first kappa shape index (κ1) is 16.6. The average molecular weight is 339 g/mol. The molecule has 0 aliphatic carbocycles.